The molecule has 0 fully saturated rings. The van der Waals surface area contributed by atoms with Crippen LogP contribution in [0.1, 0.15) is 19.0 Å². The number of nitrogens with two attached hydrogens (primary N) is 1. The molecule has 2 rings (SSSR count). The fourth-order valence-electron chi connectivity index (χ4n) is 2.11. The smallest absolute Gasteiger partial charge is 0.294 e. The minimum absolute atomic E-state index is 0.0211. The van der Waals surface area contributed by atoms with E-state index >= 15 is 0 Å². The summed E-state index contributed by atoms with van der Waals surface area (Å²) in [6.45, 7) is 2.00. The van der Waals surface area contributed by atoms with Crippen LogP contribution in [-0.2, 0) is 13.5 Å². The molecule has 19 heavy (non-hydrogen) atoms. The molecule has 0 bridgehead atoms. The molecule has 2 aromatic rings. The number of rotatable bonds is 3. The van der Waals surface area contributed by atoms with E-state index in [1.807, 2.05) is 6.92 Å². The zero-order valence-electron chi connectivity index (χ0n) is 10.8. The Bertz CT molecular complexity index is 675. The Kier molecular flexibility index (Phi) is 3.66. The maximum absolute atomic E-state index is 13.5. The molecule has 0 radical (unpaired) electrons. The number of hydrogen-bond acceptors (Lipinski definition) is 2. The minimum atomic E-state index is -0.567. The molecule has 0 unspecified atom stereocenters. The van der Waals surface area contributed by atoms with Crippen molar-refractivity contribution in [1.82, 2.24) is 9.36 Å². The number of nitrogens with zero attached hydrogens (tertiary/aromatic N) is 2. The second-order valence-electron chi connectivity index (χ2n) is 4.35. The van der Waals surface area contributed by atoms with E-state index in [1.54, 1.807) is 17.8 Å². The highest BCUT2D eigenvalue weighted by Gasteiger charge is 2.16. The van der Waals surface area contributed by atoms with Gasteiger partial charge in [0.05, 0.1) is 16.4 Å². The first-order valence-corrected chi connectivity index (χ1v) is 6.37. The standard InChI is InChI=1S/C13H15ClFN3O/c1-3-4-11-12(16)13(19)18(17(11)2)8-5-6-9(14)10(15)7-8/h5-7H,3-4,16H2,1-2H3. The molecular weight excluding hydrogens is 269 g/mol. The molecule has 102 valence electrons. The van der Waals surface area contributed by atoms with Gasteiger partial charge in [0, 0.05) is 13.1 Å². The Balaban J connectivity index is 2.65. The lowest BCUT2D eigenvalue weighted by Gasteiger charge is -2.10. The van der Waals surface area contributed by atoms with Crippen molar-refractivity contribution >= 4 is 17.3 Å². The molecule has 2 N–H and O–H groups in total. The van der Waals surface area contributed by atoms with Gasteiger partial charge in [-0.1, -0.05) is 24.9 Å². The summed E-state index contributed by atoms with van der Waals surface area (Å²) in [5.41, 5.74) is 6.85. The summed E-state index contributed by atoms with van der Waals surface area (Å²) in [4.78, 5) is 12.1. The molecule has 0 spiro atoms. The fraction of sp³-hybridized carbons (Fsp3) is 0.308. The van der Waals surface area contributed by atoms with Crippen molar-refractivity contribution in [2.45, 2.75) is 19.8 Å². The van der Waals surface area contributed by atoms with Crippen LogP contribution < -0.4 is 11.3 Å². The van der Waals surface area contributed by atoms with Gasteiger partial charge in [-0.15, -0.1) is 0 Å². The normalized spacial score (nSPS) is 10.9. The van der Waals surface area contributed by atoms with Crippen molar-refractivity contribution in [1.29, 1.82) is 0 Å². The molecule has 1 aromatic carbocycles. The van der Waals surface area contributed by atoms with Crippen LogP contribution in [0.4, 0.5) is 10.1 Å². The Morgan fingerprint density at radius 3 is 2.68 bits per heavy atom. The molecule has 0 aliphatic carbocycles. The van der Waals surface area contributed by atoms with Gasteiger partial charge < -0.3 is 5.73 Å². The first-order valence-electron chi connectivity index (χ1n) is 5.99. The van der Waals surface area contributed by atoms with Crippen molar-refractivity contribution in [2.75, 3.05) is 5.73 Å². The van der Waals surface area contributed by atoms with Crippen LogP contribution in [0.5, 0.6) is 0 Å². The van der Waals surface area contributed by atoms with Gasteiger partial charge in [0.15, 0.2) is 0 Å². The third-order valence-electron chi connectivity index (χ3n) is 3.06. The van der Waals surface area contributed by atoms with Crippen LogP contribution in [0.15, 0.2) is 23.0 Å². The molecule has 1 aromatic heterocycles. The monoisotopic (exact) mass is 283 g/mol. The lowest BCUT2D eigenvalue weighted by atomic mass is 10.2. The number of benzene rings is 1. The molecule has 1 heterocycles. The molecule has 4 nitrogen and oxygen atoms in total. The molecule has 0 aliphatic rings. The predicted octanol–water partition coefficient (Wildman–Crippen LogP) is 2.50. The Labute approximate surface area is 115 Å². The number of halogens is 2. The fourth-order valence-corrected chi connectivity index (χ4v) is 2.23. The van der Waals surface area contributed by atoms with Crippen molar-refractivity contribution in [3.05, 3.63) is 45.1 Å². The molecular formula is C13H15ClFN3O. The molecule has 0 amide bonds. The Morgan fingerprint density at radius 1 is 1.42 bits per heavy atom. The number of aromatic nitrogens is 2. The highest BCUT2D eigenvalue weighted by Crippen LogP contribution is 2.19. The predicted molar refractivity (Wildman–Crippen MR) is 74.4 cm³/mol. The molecule has 0 atom stereocenters. The van der Waals surface area contributed by atoms with E-state index in [1.165, 1.54) is 16.8 Å². The van der Waals surface area contributed by atoms with Crippen LogP contribution in [0.2, 0.25) is 5.02 Å². The van der Waals surface area contributed by atoms with Crippen molar-refractivity contribution in [2.24, 2.45) is 7.05 Å². The van der Waals surface area contributed by atoms with Gasteiger partial charge in [-0.25, -0.2) is 9.07 Å². The molecule has 0 saturated carbocycles. The topological polar surface area (TPSA) is 53.0 Å². The van der Waals surface area contributed by atoms with Gasteiger partial charge in [-0.05, 0) is 18.6 Å². The molecule has 6 heteroatoms. The summed E-state index contributed by atoms with van der Waals surface area (Å²) < 4.78 is 16.5. The van der Waals surface area contributed by atoms with Gasteiger partial charge in [0.1, 0.15) is 11.5 Å². The SMILES string of the molecule is CCCc1c(N)c(=O)n(-c2ccc(Cl)c(F)c2)n1C. The van der Waals surface area contributed by atoms with E-state index in [9.17, 15) is 9.18 Å². The van der Waals surface area contributed by atoms with E-state index < -0.39 is 5.82 Å². The average molecular weight is 284 g/mol. The van der Waals surface area contributed by atoms with Gasteiger partial charge in [-0.3, -0.25) is 9.48 Å². The van der Waals surface area contributed by atoms with E-state index in [0.717, 1.165) is 12.1 Å². The third kappa shape index (κ3) is 2.26. The zero-order valence-corrected chi connectivity index (χ0v) is 11.5. The van der Waals surface area contributed by atoms with Crippen molar-refractivity contribution in [3.8, 4) is 5.69 Å². The average Bonchev–Trinajstić information content (AvgIpc) is 2.58. The van der Waals surface area contributed by atoms with E-state index in [-0.39, 0.29) is 16.3 Å². The summed E-state index contributed by atoms with van der Waals surface area (Å²) in [6.07, 6.45) is 1.57. The first-order chi connectivity index (χ1) is 8.97. The summed E-state index contributed by atoms with van der Waals surface area (Å²) in [5, 5.41) is 0.0211. The van der Waals surface area contributed by atoms with Crippen LogP contribution in [-0.4, -0.2) is 9.36 Å². The van der Waals surface area contributed by atoms with Crippen molar-refractivity contribution < 1.29 is 4.39 Å². The van der Waals surface area contributed by atoms with Gasteiger partial charge in [-0.2, -0.15) is 0 Å². The highest BCUT2D eigenvalue weighted by atomic mass is 35.5. The Hall–Kier alpha value is -1.75. The first kappa shape index (κ1) is 13.7. The van der Waals surface area contributed by atoms with Crippen LogP contribution in [0.25, 0.3) is 5.69 Å². The van der Waals surface area contributed by atoms with Crippen LogP contribution in [0, 0.1) is 5.82 Å². The number of hydrogen-bond donors (Lipinski definition) is 1. The summed E-state index contributed by atoms with van der Waals surface area (Å²) in [5.74, 6) is -0.567. The number of nitrogen functional groups attached to an aromatic ring is 1. The zero-order chi connectivity index (χ0) is 14.2. The van der Waals surface area contributed by atoms with E-state index in [4.69, 9.17) is 17.3 Å². The van der Waals surface area contributed by atoms with Crippen molar-refractivity contribution in [3.63, 3.8) is 0 Å². The summed E-state index contributed by atoms with van der Waals surface area (Å²) in [6, 6.07) is 4.22. The van der Waals surface area contributed by atoms with Gasteiger partial charge in [0.25, 0.3) is 5.56 Å². The van der Waals surface area contributed by atoms with Gasteiger partial charge >= 0.3 is 0 Å². The number of anilines is 1. The maximum atomic E-state index is 13.5. The lowest BCUT2D eigenvalue weighted by molar-refractivity contribution is 0.597. The third-order valence-corrected chi connectivity index (χ3v) is 3.37. The highest BCUT2D eigenvalue weighted by molar-refractivity contribution is 6.30. The maximum Gasteiger partial charge on any atom is 0.294 e. The van der Waals surface area contributed by atoms with E-state index in [0.29, 0.717) is 12.1 Å². The largest absolute Gasteiger partial charge is 0.393 e. The molecule has 0 saturated heterocycles. The lowest BCUT2D eigenvalue weighted by Crippen LogP contribution is -2.20. The van der Waals surface area contributed by atoms with Crippen LogP contribution in [0.3, 0.4) is 0 Å². The van der Waals surface area contributed by atoms with E-state index in [2.05, 4.69) is 0 Å². The minimum Gasteiger partial charge on any atom is -0.393 e. The van der Waals surface area contributed by atoms with Crippen LogP contribution >= 0.6 is 11.6 Å². The summed E-state index contributed by atoms with van der Waals surface area (Å²) >= 11 is 5.64. The second kappa shape index (κ2) is 5.09. The summed E-state index contributed by atoms with van der Waals surface area (Å²) in [7, 11) is 1.73. The Morgan fingerprint density at radius 2 is 2.11 bits per heavy atom. The second-order valence-corrected chi connectivity index (χ2v) is 4.76. The van der Waals surface area contributed by atoms with Gasteiger partial charge in [0.2, 0.25) is 0 Å². The molecule has 0 aliphatic heterocycles. The quantitative estimate of drug-likeness (QED) is 0.941.